The van der Waals surface area contributed by atoms with E-state index >= 15 is 0 Å². The first-order valence-corrected chi connectivity index (χ1v) is 10.3. The van der Waals surface area contributed by atoms with Crippen molar-refractivity contribution < 1.29 is 14.3 Å². The third kappa shape index (κ3) is 4.83. The van der Waals surface area contributed by atoms with Crippen LogP contribution in [0.1, 0.15) is 28.4 Å². The highest BCUT2D eigenvalue weighted by Gasteiger charge is 2.21. The van der Waals surface area contributed by atoms with E-state index in [9.17, 15) is 9.59 Å². The molecule has 7 nitrogen and oxygen atoms in total. The molecule has 3 aromatic rings. The lowest BCUT2D eigenvalue weighted by Crippen LogP contribution is -2.32. The molecule has 0 spiro atoms. The Kier molecular flexibility index (Phi) is 6.12. The van der Waals surface area contributed by atoms with E-state index in [1.54, 1.807) is 19.2 Å². The minimum Gasteiger partial charge on any atom is -0.462 e. The van der Waals surface area contributed by atoms with Crippen LogP contribution in [0, 0.1) is 0 Å². The first-order chi connectivity index (χ1) is 15.1. The maximum atomic E-state index is 12.4. The number of nitrogens with one attached hydrogen (secondary N) is 2. The van der Waals surface area contributed by atoms with Crippen molar-refractivity contribution in [1.82, 2.24) is 4.98 Å². The molecule has 1 aromatic heterocycles. The molecule has 0 saturated carbocycles. The Labute approximate surface area is 181 Å². The predicted octanol–water partition coefficient (Wildman–Crippen LogP) is 4.47. The Bertz CT molecular complexity index is 1070. The molecule has 31 heavy (non-hydrogen) atoms. The van der Waals surface area contributed by atoms with Crippen LogP contribution in [0.4, 0.5) is 22.0 Å². The zero-order valence-electron chi connectivity index (χ0n) is 17.3. The summed E-state index contributed by atoms with van der Waals surface area (Å²) in [5, 5.41) is 5.82. The average molecular weight is 416 g/mol. The molecule has 0 radical (unpaired) electrons. The summed E-state index contributed by atoms with van der Waals surface area (Å²) < 4.78 is 5.01. The Morgan fingerprint density at radius 1 is 1.03 bits per heavy atom. The van der Waals surface area contributed by atoms with Gasteiger partial charge in [0.15, 0.2) is 0 Å². The average Bonchev–Trinajstić information content (AvgIpc) is 2.80. The van der Waals surface area contributed by atoms with Gasteiger partial charge in [0.2, 0.25) is 0 Å². The van der Waals surface area contributed by atoms with Crippen LogP contribution < -0.4 is 15.5 Å². The molecule has 158 valence electrons. The van der Waals surface area contributed by atoms with Crippen molar-refractivity contribution in [3.8, 4) is 0 Å². The van der Waals surface area contributed by atoms with Crippen LogP contribution in [0.5, 0.6) is 0 Å². The van der Waals surface area contributed by atoms with Crippen LogP contribution in [0.3, 0.4) is 0 Å². The van der Waals surface area contributed by atoms with E-state index in [2.05, 4.69) is 26.6 Å². The molecule has 4 rings (SSSR count). The van der Waals surface area contributed by atoms with Crippen molar-refractivity contribution in [3.63, 3.8) is 0 Å². The number of benzene rings is 2. The highest BCUT2D eigenvalue weighted by molar-refractivity contribution is 6.00. The molecule has 0 fully saturated rings. The van der Waals surface area contributed by atoms with Crippen molar-refractivity contribution in [2.24, 2.45) is 0 Å². The van der Waals surface area contributed by atoms with Crippen molar-refractivity contribution >= 4 is 29.2 Å². The maximum Gasteiger partial charge on any atom is 0.339 e. The van der Waals surface area contributed by atoms with Crippen LogP contribution in [0.25, 0.3) is 0 Å². The number of ether oxygens (including phenoxy) is 1. The van der Waals surface area contributed by atoms with E-state index in [-0.39, 0.29) is 12.0 Å². The van der Waals surface area contributed by atoms with E-state index in [0.717, 1.165) is 41.3 Å². The summed E-state index contributed by atoms with van der Waals surface area (Å²) in [4.78, 5) is 30.8. The molecule has 0 atom stereocenters. The van der Waals surface area contributed by atoms with Crippen molar-refractivity contribution in [1.29, 1.82) is 0 Å². The summed E-state index contributed by atoms with van der Waals surface area (Å²) in [7, 11) is 0. The Morgan fingerprint density at radius 2 is 1.87 bits per heavy atom. The summed E-state index contributed by atoms with van der Waals surface area (Å²) in [6.07, 6.45) is 2.33. The molecule has 0 unspecified atom stereocenters. The lowest BCUT2D eigenvalue weighted by Gasteiger charge is -2.31. The first kappa shape index (κ1) is 20.4. The topological polar surface area (TPSA) is 83.6 Å². The highest BCUT2D eigenvalue weighted by Crippen LogP contribution is 2.28. The van der Waals surface area contributed by atoms with E-state index in [4.69, 9.17) is 4.74 Å². The van der Waals surface area contributed by atoms with Gasteiger partial charge in [-0.05, 0) is 54.8 Å². The van der Waals surface area contributed by atoms with Gasteiger partial charge in [0.1, 0.15) is 5.82 Å². The molecule has 0 saturated heterocycles. The van der Waals surface area contributed by atoms with Gasteiger partial charge >= 0.3 is 12.0 Å². The number of carbonyl (C=O) groups excluding carboxylic acids is 2. The van der Waals surface area contributed by atoms with E-state index in [1.165, 1.54) is 0 Å². The number of nitrogens with zero attached hydrogens (tertiary/aromatic N) is 2. The standard InChI is InChI=1S/C24H24N4O3/c1-2-31-23(29)17-11-12-22(25-15-17)28-14-13-20-18(16-28)7-6-10-21(20)27-24(30)26-19-8-4-3-5-9-19/h3-12,15H,2,13-14,16H2,1H3,(H2,26,27,30). The number of esters is 1. The van der Waals surface area contributed by atoms with Gasteiger partial charge in [0.05, 0.1) is 12.2 Å². The van der Waals surface area contributed by atoms with Crippen LogP contribution in [-0.4, -0.2) is 30.1 Å². The molecular weight excluding hydrogens is 392 g/mol. The molecule has 2 N–H and O–H groups in total. The van der Waals surface area contributed by atoms with Gasteiger partial charge in [-0.25, -0.2) is 14.6 Å². The molecule has 1 aliphatic rings. The number of hydrogen-bond donors (Lipinski definition) is 2. The fourth-order valence-corrected chi connectivity index (χ4v) is 3.64. The van der Waals surface area contributed by atoms with Crippen molar-refractivity contribution in [2.45, 2.75) is 19.9 Å². The minimum absolute atomic E-state index is 0.266. The van der Waals surface area contributed by atoms with Gasteiger partial charge in [-0.3, -0.25) is 0 Å². The predicted molar refractivity (Wildman–Crippen MR) is 120 cm³/mol. The Hall–Kier alpha value is -3.87. The molecule has 7 heteroatoms. The van der Waals surface area contributed by atoms with Gasteiger partial charge in [-0.1, -0.05) is 30.3 Å². The largest absolute Gasteiger partial charge is 0.462 e. The molecule has 2 amide bonds. The van der Waals surface area contributed by atoms with Gasteiger partial charge in [0.25, 0.3) is 0 Å². The van der Waals surface area contributed by atoms with Crippen LogP contribution in [0.15, 0.2) is 66.9 Å². The Balaban J connectivity index is 1.44. The van der Waals surface area contributed by atoms with Gasteiger partial charge < -0.3 is 20.3 Å². The number of amides is 2. The molecule has 1 aliphatic heterocycles. The number of rotatable bonds is 5. The zero-order valence-corrected chi connectivity index (χ0v) is 17.3. The normalized spacial score (nSPS) is 12.6. The lowest BCUT2D eigenvalue weighted by molar-refractivity contribution is 0.0526. The summed E-state index contributed by atoms with van der Waals surface area (Å²) >= 11 is 0. The van der Waals surface area contributed by atoms with Gasteiger partial charge in [-0.2, -0.15) is 0 Å². The number of pyridine rings is 1. The first-order valence-electron chi connectivity index (χ1n) is 10.3. The monoisotopic (exact) mass is 416 g/mol. The maximum absolute atomic E-state index is 12.4. The molecule has 0 aliphatic carbocycles. The second-order valence-corrected chi connectivity index (χ2v) is 7.19. The minimum atomic E-state index is -0.366. The van der Waals surface area contributed by atoms with Crippen LogP contribution >= 0.6 is 0 Å². The lowest BCUT2D eigenvalue weighted by atomic mass is 9.97. The molecule has 2 heterocycles. The number of hydrogen-bond acceptors (Lipinski definition) is 5. The highest BCUT2D eigenvalue weighted by atomic mass is 16.5. The number of para-hydroxylation sites is 1. The zero-order chi connectivity index (χ0) is 21.6. The third-order valence-electron chi connectivity index (χ3n) is 5.13. The number of fused-ring (bicyclic) bond motifs is 1. The SMILES string of the molecule is CCOC(=O)c1ccc(N2CCc3c(cccc3NC(=O)Nc3ccccc3)C2)nc1. The molecular formula is C24H24N4O3. The van der Waals surface area contributed by atoms with Crippen molar-refractivity contribution in [2.75, 3.05) is 28.7 Å². The van der Waals surface area contributed by atoms with Crippen molar-refractivity contribution in [3.05, 3.63) is 83.6 Å². The molecule has 2 aromatic carbocycles. The third-order valence-corrected chi connectivity index (χ3v) is 5.13. The van der Waals surface area contributed by atoms with E-state index < -0.39 is 0 Å². The van der Waals surface area contributed by atoms with E-state index in [0.29, 0.717) is 18.7 Å². The number of aromatic nitrogens is 1. The summed E-state index contributed by atoms with van der Waals surface area (Å²) in [5.74, 6) is 0.439. The fraction of sp³-hybridized carbons (Fsp3) is 0.208. The van der Waals surface area contributed by atoms with E-state index in [1.807, 2.05) is 48.5 Å². The summed E-state index contributed by atoms with van der Waals surface area (Å²) in [6, 6.07) is 18.6. The van der Waals surface area contributed by atoms with Crippen LogP contribution in [-0.2, 0) is 17.7 Å². The van der Waals surface area contributed by atoms with Gasteiger partial charge in [-0.15, -0.1) is 0 Å². The molecule has 0 bridgehead atoms. The second kappa shape index (κ2) is 9.30. The summed E-state index contributed by atoms with van der Waals surface area (Å²) in [5.41, 5.74) is 4.27. The summed E-state index contributed by atoms with van der Waals surface area (Å²) in [6.45, 7) is 3.55. The van der Waals surface area contributed by atoms with Gasteiger partial charge in [0, 0.05) is 30.7 Å². The van der Waals surface area contributed by atoms with Crippen LogP contribution in [0.2, 0.25) is 0 Å². The smallest absolute Gasteiger partial charge is 0.339 e. The Morgan fingerprint density at radius 3 is 2.61 bits per heavy atom. The number of urea groups is 1. The second-order valence-electron chi connectivity index (χ2n) is 7.19. The number of anilines is 3. The number of carbonyl (C=O) groups is 2. The fourth-order valence-electron chi connectivity index (χ4n) is 3.64. The quantitative estimate of drug-likeness (QED) is 0.600.